The zero-order valence-corrected chi connectivity index (χ0v) is 22.2. The minimum absolute atomic E-state index is 0.0900. The highest BCUT2D eigenvalue weighted by molar-refractivity contribution is 7.91. The number of sulfone groups is 1. The van der Waals surface area contributed by atoms with Crippen molar-refractivity contribution in [2.24, 2.45) is 0 Å². The number of piperidine rings is 1. The second-order valence-electron chi connectivity index (χ2n) is 10.0. The summed E-state index contributed by atoms with van der Waals surface area (Å²) in [6.45, 7) is 9.49. The molecule has 1 unspecified atom stereocenters. The van der Waals surface area contributed by atoms with E-state index >= 15 is 0 Å². The van der Waals surface area contributed by atoms with Crippen LogP contribution in [0.3, 0.4) is 0 Å². The van der Waals surface area contributed by atoms with E-state index in [2.05, 4.69) is 4.90 Å². The van der Waals surface area contributed by atoms with Crippen LogP contribution in [-0.4, -0.2) is 78.9 Å². The molecule has 1 N–H and O–H groups in total. The van der Waals surface area contributed by atoms with Crippen molar-refractivity contribution >= 4 is 32.7 Å². The third-order valence-corrected chi connectivity index (χ3v) is 9.28. The second kappa shape index (κ2) is 10.1. The van der Waals surface area contributed by atoms with Crippen molar-refractivity contribution in [3.8, 4) is 0 Å². The van der Waals surface area contributed by atoms with Crippen molar-refractivity contribution < 1.29 is 31.4 Å². The number of hydrogen-bond donors (Lipinski definition) is 1. The monoisotopic (exact) mass is 516 g/mol. The summed E-state index contributed by atoms with van der Waals surface area (Å²) < 4.78 is 58.2. The Hall–Kier alpha value is -1.69. The lowest BCUT2D eigenvalue weighted by atomic mass is 9.87. The maximum absolute atomic E-state index is 13.2. The van der Waals surface area contributed by atoms with Gasteiger partial charge in [-0.15, -0.1) is 0 Å². The maximum atomic E-state index is 13.2. The number of ether oxygens (including phenoxy) is 2. The van der Waals surface area contributed by atoms with Gasteiger partial charge in [0.25, 0.3) is 0 Å². The number of hydrogen-bond acceptors (Lipinski definition) is 7. The van der Waals surface area contributed by atoms with Crippen LogP contribution in [0.1, 0.15) is 52.5 Å². The summed E-state index contributed by atoms with van der Waals surface area (Å²) in [7, 11) is -3.64. The summed E-state index contributed by atoms with van der Waals surface area (Å²) >= 11 is -2.28. The molecule has 0 radical (unpaired) electrons. The highest BCUT2D eigenvalue weighted by Crippen LogP contribution is 2.43. The molecule has 1 aromatic carbocycles. The largest absolute Gasteiger partial charge is 0.444 e. The van der Waals surface area contributed by atoms with Crippen LogP contribution in [0.2, 0.25) is 0 Å². The highest BCUT2D eigenvalue weighted by Gasteiger charge is 2.47. The van der Waals surface area contributed by atoms with Gasteiger partial charge in [0, 0.05) is 31.6 Å². The number of amides is 1. The molecule has 2 heterocycles. The van der Waals surface area contributed by atoms with Crippen LogP contribution in [0.4, 0.5) is 10.5 Å². The van der Waals surface area contributed by atoms with Crippen molar-refractivity contribution in [2.75, 3.05) is 44.0 Å². The molecule has 2 aliphatic heterocycles. The Morgan fingerprint density at radius 3 is 2.41 bits per heavy atom. The molecule has 34 heavy (non-hydrogen) atoms. The number of morpholine rings is 1. The lowest BCUT2D eigenvalue weighted by molar-refractivity contribution is 0.0192. The van der Waals surface area contributed by atoms with Crippen molar-refractivity contribution in [1.82, 2.24) is 4.90 Å². The van der Waals surface area contributed by atoms with Crippen LogP contribution in [0.25, 0.3) is 0 Å². The minimum Gasteiger partial charge on any atom is -0.444 e. The Labute approximate surface area is 205 Å². The number of carbonyl (C=O) groups is 1. The molecule has 0 aliphatic carbocycles. The first-order valence-corrected chi connectivity index (χ1v) is 14.6. The van der Waals surface area contributed by atoms with E-state index in [0.717, 1.165) is 6.42 Å². The first-order valence-electron chi connectivity index (χ1n) is 11.6. The van der Waals surface area contributed by atoms with Crippen LogP contribution in [0, 0.1) is 0 Å². The summed E-state index contributed by atoms with van der Waals surface area (Å²) in [5.41, 5.74) is 0.544. The third-order valence-electron chi connectivity index (χ3n) is 6.58. The van der Waals surface area contributed by atoms with Gasteiger partial charge in [-0.25, -0.2) is 17.4 Å². The molecule has 0 bridgehead atoms. The van der Waals surface area contributed by atoms with Crippen molar-refractivity contribution in [3.05, 3.63) is 23.8 Å². The molecule has 3 rings (SSSR count). The predicted molar refractivity (Wildman–Crippen MR) is 131 cm³/mol. The maximum Gasteiger partial charge on any atom is 0.410 e. The zero-order chi connectivity index (χ0) is 25.3. The van der Waals surface area contributed by atoms with Gasteiger partial charge in [0.2, 0.25) is 0 Å². The molecule has 0 aromatic heterocycles. The first-order chi connectivity index (χ1) is 15.8. The number of likely N-dealkylation sites (tertiary alicyclic amines) is 1. The van der Waals surface area contributed by atoms with Gasteiger partial charge >= 0.3 is 6.09 Å². The van der Waals surface area contributed by atoms with Crippen LogP contribution in [0.15, 0.2) is 23.1 Å². The zero-order valence-electron chi connectivity index (χ0n) is 20.6. The lowest BCUT2D eigenvalue weighted by Gasteiger charge is -2.42. The van der Waals surface area contributed by atoms with Gasteiger partial charge in [-0.1, -0.05) is 6.92 Å². The molecule has 11 heteroatoms. The molecule has 2 aliphatic rings. The van der Waals surface area contributed by atoms with Crippen LogP contribution in [-0.2, 0) is 35.1 Å². The van der Waals surface area contributed by atoms with E-state index in [4.69, 9.17) is 9.47 Å². The molecule has 1 aromatic rings. The fraction of sp³-hybridized carbons (Fsp3) is 0.696. The molecule has 2 saturated heterocycles. The number of benzene rings is 1. The van der Waals surface area contributed by atoms with Gasteiger partial charge in [0.1, 0.15) is 10.3 Å². The summed E-state index contributed by atoms with van der Waals surface area (Å²) in [6.07, 6.45) is 1.89. The Morgan fingerprint density at radius 2 is 1.88 bits per heavy atom. The molecule has 0 saturated carbocycles. The summed E-state index contributed by atoms with van der Waals surface area (Å²) in [5.74, 6) is 0. The first kappa shape index (κ1) is 26.9. The number of rotatable bonds is 5. The van der Waals surface area contributed by atoms with Crippen LogP contribution in [0.5, 0.6) is 0 Å². The quantitative estimate of drug-likeness (QED) is 0.594. The molecule has 0 spiro atoms. The van der Waals surface area contributed by atoms with E-state index in [1.807, 2.05) is 13.0 Å². The molecule has 9 nitrogen and oxygen atoms in total. The van der Waals surface area contributed by atoms with Gasteiger partial charge in [-0.05, 0) is 63.8 Å². The van der Waals surface area contributed by atoms with E-state index in [1.54, 1.807) is 26.8 Å². The molecular weight excluding hydrogens is 480 g/mol. The Morgan fingerprint density at radius 1 is 1.24 bits per heavy atom. The smallest absolute Gasteiger partial charge is 0.410 e. The van der Waals surface area contributed by atoms with Gasteiger partial charge in [0.15, 0.2) is 20.9 Å². The number of anilines is 1. The number of nitrogens with zero attached hydrogens (tertiary/aromatic N) is 2. The fourth-order valence-electron chi connectivity index (χ4n) is 4.70. The van der Waals surface area contributed by atoms with Gasteiger partial charge in [-0.2, -0.15) is 0 Å². The van der Waals surface area contributed by atoms with Gasteiger partial charge in [0.05, 0.1) is 24.2 Å². The molecular formula is C23H36N2O7S2. The number of carbonyl (C=O) groups excluding carboxylic acids is 1. The fourth-order valence-corrected chi connectivity index (χ4v) is 6.62. The van der Waals surface area contributed by atoms with Crippen LogP contribution >= 0.6 is 0 Å². The van der Waals surface area contributed by atoms with Crippen LogP contribution < -0.4 is 4.90 Å². The van der Waals surface area contributed by atoms with Gasteiger partial charge in [-0.3, -0.25) is 0 Å². The Bertz CT molecular complexity index is 1030. The Kier molecular flexibility index (Phi) is 8.01. The van der Waals surface area contributed by atoms with Crippen molar-refractivity contribution in [1.29, 1.82) is 0 Å². The van der Waals surface area contributed by atoms with E-state index in [1.165, 1.54) is 17.2 Å². The van der Waals surface area contributed by atoms with E-state index in [9.17, 15) is 22.0 Å². The topological polar surface area (TPSA) is 113 Å². The van der Waals surface area contributed by atoms with Crippen molar-refractivity contribution in [2.45, 2.75) is 68.2 Å². The normalized spacial score (nSPS) is 22.4. The van der Waals surface area contributed by atoms with Gasteiger partial charge < -0.3 is 23.8 Å². The summed E-state index contributed by atoms with van der Waals surface area (Å²) in [4.78, 5) is 16.4. The second-order valence-corrected chi connectivity index (χ2v) is 13.3. The standard InChI is InChI=1S/C23H36N2O7S2/c1-6-18-16-31-12-11-25(18)19-13-17(14-20(15-19)33(27)28)23(34(5,29)30)7-9-24(10-8-23)21(26)32-22(2,3)4/h13-15,18H,6-12,16H2,1-5H3,(H,27,28)/t18-/m0/s1. The van der Waals surface area contributed by atoms with E-state index < -0.39 is 37.4 Å². The third kappa shape index (κ3) is 5.75. The summed E-state index contributed by atoms with van der Waals surface area (Å²) in [6, 6.07) is 5.09. The summed E-state index contributed by atoms with van der Waals surface area (Å²) in [5, 5.41) is 0. The van der Waals surface area contributed by atoms with Crippen molar-refractivity contribution in [3.63, 3.8) is 0 Å². The SMILES string of the molecule is CC[C@H]1COCCN1c1cc(S(=O)O)cc(C2(S(C)(=O)=O)CCN(C(=O)OC(C)(C)C)CC2)c1. The average molecular weight is 517 g/mol. The van der Waals surface area contributed by atoms with E-state index in [0.29, 0.717) is 31.0 Å². The minimum atomic E-state index is -3.64. The molecule has 192 valence electrons. The Balaban J connectivity index is 2.01. The molecule has 2 atom stereocenters. The van der Waals surface area contributed by atoms with E-state index in [-0.39, 0.29) is 36.9 Å². The predicted octanol–water partition coefficient (Wildman–Crippen LogP) is 3.15. The average Bonchev–Trinajstić information content (AvgIpc) is 2.76. The highest BCUT2D eigenvalue weighted by atomic mass is 32.2. The molecule has 1 amide bonds. The lowest BCUT2D eigenvalue weighted by Crippen LogP contribution is -2.50. The molecule has 2 fully saturated rings.